The average Bonchev–Trinajstić information content (AvgIpc) is 2.86. The van der Waals surface area contributed by atoms with E-state index >= 15 is 0 Å². The lowest BCUT2D eigenvalue weighted by Gasteiger charge is -2.01. The van der Waals surface area contributed by atoms with E-state index in [9.17, 15) is 14.2 Å². The largest absolute Gasteiger partial charge is 0.398 e. The van der Waals surface area contributed by atoms with Crippen molar-refractivity contribution in [2.45, 2.75) is 20.8 Å². The van der Waals surface area contributed by atoms with Gasteiger partial charge in [0.05, 0.1) is 16.7 Å². The van der Waals surface area contributed by atoms with E-state index in [-0.39, 0.29) is 11.5 Å². The van der Waals surface area contributed by atoms with Crippen LogP contribution in [0.15, 0.2) is 72.8 Å². The number of ketones is 1. The zero-order valence-electron chi connectivity index (χ0n) is 21.9. The van der Waals surface area contributed by atoms with Gasteiger partial charge in [0, 0.05) is 41.1 Å². The van der Waals surface area contributed by atoms with Gasteiger partial charge in [-0.15, -0.1) is 0 Å². The summed E-state index contributed by atoms with van der Waals surface area (Å²) in [5.74, 6) is -0.0104. The van der Waals surface area contributed by atoms with Gasteiger partial charge < -0.3 is 10.7 Å². The highest BCUT2D eigenvalue weighted by Gasteiger charge is 2.05. The third-order valence-corrected chi connectivity index (χ3v) is 6.74. The summed E-state index contributed by atoms with van der Waals surface area (Å²) >= 11 is 29.6. The lowest BCUT2D eigenvalue weighted by molar-refractivity contribution is 0.101. The topological polar surface area (TPSA) is 132 Å². The van der Waals surface area contributed by atoms with Gasteiger partial charge in [-0.3, -0.25) is 9.36 Å². The Balaban J connectivity index is 0.000000205. The van der Waals surface area contributed by atoms with Crippen molar-refractivity contribution in [3.63, 3.8) is 0 Å². The summed E-state index contributed by atoms with van der Waals surface area (Å²) in [4.78, 5) is 36.6. The number of Topliss-reactive ketones (excluding diaryl/α,β-unsaturated/α-hetero) is 1. The first-order valence-electron chi connectivity index (χ1n) is 11.4. The zero-order valence-corrected chi connectivity index (χ0v) is 30.6. The number of aromatic nitrogens is 4. The average molecular weight is 864 g/mol. The molecule has 0 amide bonds. The number of H-pyrrole nitrogens is 1. The number of nitrogens with one attached hydrogen (secondary N) is 1. The molecule has 5 rings (SSSR count). The number of rotatable bonds is 1. The van der Waals surface area contributed by atoms with Crippen molar-refractivity contribution in [2.24, 2.45) is 0 Å². The molecule has 0 aliphatic carbocycles. The summed E-state index contributed by atoms with van der Waals surface area (Å²) in [6, 6.07) is 16.7. The number of nitrogens with zero attached hydrogens (tertiary/aromatic N) is 3. The van der Waals surface area contributed by atoms with Crippen LogP contribution in [0.3, 0.4) is 0 Å². The quantitative estimate of drug-likeness (QED) is 0.0742. The van der Waals surface area contributed by atoms with Crippen LogP contribution in [0.2, 0.25) is 5.28 Å². The summed E-state index contributed by atoms with van der Waals surface area (Å²) in [6.45, 7) is 5.28. The fraction of sp³-hybridized carbons (Fsp3) is 0.115. The van der Waals surface area contributed by atoms with Gasteiger partial charge in [-0.05, 0) is 121 Å². The van der Waals surface area contributed by atoms with Crippen molar-refractivity contribution in [3.05, 3.63) is 101 Å². The Bertz CT molecular complexity index is 1850. The third-order valence-electron chi connectivity index (χ3n) is 5.09. The molecule has 42 heavy (non-hydrogen) atoms. The first kappa shape index (κ1) is 36.6. The highest BCUT2D eigenvalue weighted by atomic mass is 79.9. The van der Waals surface area contributed by atoms with E-state index in [1.165, 1.54) is 6.92 Å². The van der Waals surface area contributed by atoms with E-state index in [0.29, 0.717) is 16.5 Å². The fourth-order valence-corrected chi connectivity index (χ4v) is 4.62. The predicted molar refractivity (Wildman–Crippen MR) is 186 cm³/mol. The summed E-state index contributed by atoms with van der Waals surface area (Å²) in [5, 5.41) is -0.930. The monoisotopic (exact) mass is 859 g/mol. The molecular formula is C26H21Br3Cl4N5O3P. The van der Waals surface area contributed by atoms with Crippen LogP contribution >= 0.6 is 98.3 Å². The van der Waals surface area contributed by atoms with Crippen molar-refractivity contribution in [1.29, 1.82) is 0 Å². The van der Waals surface area contributed by atoms with Crippen LogP contribution in [0.25, 0.3) is 21.8 Å². The maximum Gasteiger partial charge on any atom is 0.345 e. The highest BCUT2D eigenvalue weighted by Crippen LogP contribution is 2.61. The number of hydrogen-bond donors (Lipinski definition) is 2. The zero-order chi connectivity index (χ0) is 31.8. The highest BCUT2D eigenvalue weighted by molar-refractivity contribution is 9.11. The minimum Gasteiger partial charge on any atom is -0.398 e. The first-order valence-corrected chi connectivity index (χ1v) is 18.6. The van der Waals surface area contributed by atoms with E-state index in [1.54, 1.807) is 12.1 Å². The standard InChI is InChI=1S/C9H6BrClN2.C9H7BrN2O.C8H8BrNO.Cl3OP/c1-5-7-4-6(10)2-3-8(7)13-9(11)12-5;1-5-7-4-6(10)2-3-8(7)12-9(13)11-5;1-5(11)7-4-6(9)2-3-8(7)10;1-5(2,3)4/h2-4H,1H3;2-4H,1H3,(H,11,12,13);2-4H,10H2,1H3;. The Labute approximate surface area is 285 Å². The second-order valence-electron chi connectivity index (χ2n) is 8.25. The second kappa shape index (κ2) is 16.5. The number of anilines is 1. The molecule has 8 nitrogen and oxygen atoms in total. The van der Waals surface area contributed by atoms with Crippen LogP contribution in [0.4, 0.5) is 5.69 Å². The van der Waals surface area contributed by atoms with Crippen molar-refractivity contribution >= 4 is 132 Å². The fourth-order valence-electron chi connectivity index (χ4n) is 3.32. The molecule has 0 radical (unpaired) electrons. The van der Waals surface area contributed by atoms with Gasteiger partial charge >= 0.3 is 10.9 Å². The molecule has 3 aromatic carbocycles. The molecule has 5 aromatic rings. The lowest BCUT2D eigenvalue weighted by atomic mass is 10.1. The van der Waals surface area contributed by atoms with Gasteiger partial charge in [-0.2, -0.15) is 4.98 Å². The molecule has 0 saturated heterocycles. The van der Waals surface area contributed by atoms with Crippen molar-refractivity contribution in [2.75, 3.05) is 5.73 Å². The molecule has 0 atom stereocenters. The Hall–Kier alpha value is -1.56. The summed E-state index contributed by atoms with van der Waals surface area (Å²) in [6.07, 6.45) is 0. The third kappa shape index (κ3) is 12.6. The molecule has 2 heterocycles. The number of nitrogen functional groups attached to an aromatic ring is 1. The van der Waals surface area contributed by atoms with Crippen LogP contribution in [0.1, 0.15) is 28.7 Å². The minimum absolute atomic E-state index is 0.0104. The van der Waals surface area contributed by atoms with E-state index in [4.69, 9.17) is 17.3 Å². The van der Waals surface area contributed by atoms with Crippen LogP contribution < -0.4 is 11.4 Å². The molecule has 222 valence electrons. The van der Waals surface area contributed by atoms with E-state index in [1.807, 2.05) is 56.3 Å². The number of halogens is 7. The van der Waals surface area contributed by atoms with Crippen LogP contribution in [0.5, 0.6) is 0 Å². The van der Waals surface area contributed by atoms with Gasteiger partial charge in [0.2, 0.25) is 5.28 Å². The predicted octanol–water partition coefficient (Wildman–Crippen LogP) is 10.4. The molecule has 0 saturated carbocycles. The number of fused-ring (bicyclic) bond motifs is 2. The van der Waals surface area contributed by atoms with E-state index in [0.717, 1.165) is 46.6 Å². The number of carbonyl (C=O) groups is 1. The van der Waals surface area contributed by atoms with E-state index < -0.39 is 5.20 Å². The van der Waals surface area contributed by atoms with Crippen LogP contribution in [-0.2, 0) is 4.57 Å². The van der Waals surface area contributed by atoms with Crippen molar-refractivity contribution in [3.8, 4) is 0 Å². The van der Waals surface area contributed by atoms with Crippen LogP contribution in [-0.4, -0.2) is 25.7 Å². The molecule has 16 heteroatoms. The molecule has 0 unspecified atom stereocenters. The summed E-state index contributed by atoms with van der Waals surface area (Å²) in [7, 11) is 0. The van der Waals surface area contributed by atoms with Gasteiger partial charge in [-0.1, -0.05) is 47.8 Å². The SMILES string of the molecule is CC(=O)c1cc(Br)ccc1N.Cc1[nH]c(=O)nc2ccc(Br)cc12.Cc1nc(Cl)nc2ccc(Br)cc12.O=P(Cl)(Cl)Cl. The normalized spacial score (nSPS) is 10.5. The number of hydrogen-bond acceptors (Lipinski definition) is 7. The Morgan fingerprint density at radius 2 is 1.31 bits per heavy atom. The number of benzene rings is 3. The van der Waals surface area contributed by atoms with Gasteiger partial charge in [0.25, 0.3) is 0 Å². The van der Waals surface area contributed by atoms with Crippen molar-refractivity contribution in [1.82, 2.24) is 19.9 Å². The number of carbonyl (C=O) groups excluding carboxylic acids is 1. The van der Waals surface area contributed by atoms with Gasteiger partial charge in [-0.25, -0.2) is 14.8 Å². The maximum atomic E-state index is 11.0. The number of nitrogens with two attached hydrogens (primary N) is 1. The first-order chi connectivity index (χ1) is 19.4. The summed E-state index contributed by atoms with van der Waals surface area (Å²) in [5.41, 5.74) is 9.69. The lowest BCUT2D eigenvalue weighted by Crippen LogP contribution is -2.11. The molecule has 0 fully saturated rings. The molecule has 0 aliphatic heterocycles. The second-order valence-corrected chi connectivity index (χ2v) is 18.0. The summed E-state index contributed by atoms with van der Waals surface area (Å²) < 4.78 is 12.4. The molecule has 3 N–H and O–H groups in total. The number of aromatic amines is 1. The molecule has 2 aromatic heterocycles. The molecule has 0 aliphatic rings. The molecule has 0 bridgehead atoms. The molecular weight excluding hydrogens is 843 g/mol. The Morgan fingerprint density at radius 1 is 0.833 bits per heavy atom. The van der Waals surface area contributed by atoms with Crippen molar-refractivity contribution < 1.29 is 9.36 Å². The smallest absolute Gasteiger partial charge is 0.345 e. The van der Waals surface area contributed by atoms with E-state index in [2.05, 4.69) is 101 Å². The molecule has 0 spiro atoms. The maximum absolute atomic E-state index is 11.0. The van der Waals surface area contributed by atoms with Gasteiger partial charge in [0.1, 0.15) is 0 Å². The van der Waals surface area contributed by atoms with Crippen LogP contribution in [0, 0.1) is 13.8 Å². The van der Waals surface area contributed by atoms with Gasteiger partial charge in [0.15, 0.2) is 5.78 Å². The minimum atomic E-state index is -3.22. The number of aryl methyl sites for hydroxylation is 2. The Kier molecular flexibility index (Phi) is 14.4. The Morgan fingerprint density at radius 3 is 1.83 bits per heavy atom.